The zero-order valence-electron chi connectivity index (χ0n) is 13.9. The molecular formula is C20H20Cl2O3. The molecular weight excluding hydrogens is 359 g/mol. The van der Waals surface area contributed by atoms with E-state index in [-0.39, 0.29) is 17.9 Å². The molecule has 0 aliphatic heterocycles. The van der Waals surface area contributed by atoms with E-state index in [0.717, 1.165) is 48.8 Å². The Morgan fingerprint density at radius 2 is 1.76 bits per heavy atom. The molecule has 0 saturated heterocycles. The van der Waals surface area contributed by atoms with Gasteiger partial charge in [0.1, 0.15) is 11.3 Å². The SMILES string of the molecule is O=C(OCCCc1ccc(Cl)c(Cl)c1)c1cc2c(cc1O)CCCC2. The quantitative estimate of drug-likeness (QED) is 0.561. The number of fused-ring (bicyclic) bond motifs is 1. The van der Waals surface area contributed by atoms with Crippen LogP contribution in [-0.2, 0) is 24.0 Å². The van der Waals surface area contributed by atoms with Gasteiger partial charge in [-0.05, 0) is 79.5 Å². The molecule has 25 heavy (non-hydrogen) atoms. The first-order chi connectivity index (χ1) is 12.0. The van der Waals surface area contributed by atoms with Crippen LogP contribution < -0.4 is 0 Å². The van der Waals surface area contributed by atoms with Crippen LogP contribution in [-0.4, -0.2) is 17.7 Å². The number of aromatic hydroxyl groups is 1. The van der Waals surface area contributed by atoms with Gasteiger partial charge >= 0.3 is 5.97 Å². The largest absolute Gasteiger partial charge is 0.507 e. The number of esters is 1. The third kappa shape index (κ3) is 4.47. The van der Waals surface area contributed by atoms with Gasteiger partial charge in [-0.25, -0.2) is 4.79 Å². The van der Waals surface area contributed by atoms with Crippen LogP contribution in [0.1, 0.15) is 46.3 Å². The highest BCUT2D eigenvalue weighted by molar-refractivity contribution is 6.42. The lowest BCUT2D eigenvalue weighted by Crippen LogP contribution is -2.10. The van der Waals surface area contributed by atoms with Gasteiger partial charge in [-0.1, -0.05) is 29.3 Å². The average molecular weight is 379 g/mol. The molecule has 0 atom stereocenters. The number of carbonyl (C=O) groups excluding carboxylic acids is 1. The van der Waals surface area contributed by atoms with E-state index in [4.69, 9.17) is 27.9 Å². The van der Waals surface area contributed by atoms with Crippen LogP contribution in [0.25, 0.3) is 0 Å². The fourth-order valence-electron chi connectivity index (χ4n) is 3.15. The van der Waals surface area contributed by atoms with Crippen molar-refractivity contribution in [1.82, 2.24) is 0 Å². The minimum atomic E-state index is -0.472. The Morgan fingerprint density at radius 3 is 2.48 bits per heavy atom. The summed E-state index contributed by atoms with van der Waals surface area (Å²) in [4.78, 5) is 12.2. The second-order valence-electron chi connectivity index (χ2n) is 6.33. The Balaban J connectivity index is 1.55. The first-order valence-electron chi connectivity index (χ1n) is 8.50. The monoisotopic (exact) mass is 378 g/mol. The van der Waals surface area contributed by atoms with Crippen LogP contribution in [0.5, 0.6) is 5.75 Å². The average Bonchev–Trinajstić information content (AvgIpc) is 2.61. The van der Waals surface area contributed by atoms with Crippen molar-refractivity contribution in [2.24, 2.45) is 0 Å². The van der Waals surface area contributed by atoms with Crippen molar-refractivity contribution < 1.29 is 14.6 Å². The topological polar surface area (TPSA) is 46.5 Å². The molecule has 5 heteroatoms. The summed E-state index contributed by atoms with van der Waals surface area (Å²) in [5.74, 6) is -0.463. The highest BCUT2D eigenvalue weighted by Gasteiger charge is 2.18. The number of halogens is 2. The number of hydrogen-bond donors (Lipinski definition) is 1. The maximum absolute atomic E-state index is 12.2. The smallest absolute Gasteiger partial charge is 0.341 e. The number of benzene rings is 2. The first-order valence-corrected chi connectivity index (χ1v) is 9.26. The molecule has 3 nitrogen and oxygen atoms in total. The first kappa shape index (κ1) is 18.1. The summed E-state index contributed by atoms with van der Waals surface area (Å²) in [6.07, 6.45) is 5.58. The number of aryl methyl sites for hydroxylation is 3. The molecule has 2 aromatic rings. The molecule has 0 saturated carbocycles. The summed E-state index contributed by atoms with van der Waals surface area (Å²) < 4.78 is 5.32. The van der Waals surface area contributed by atoms with Crippen LogP contribution in [0.3, 0.4) is 0 Å². The molecule has 1 aliphatic carbocycles. The fourth-order valence-corrected chi connectivity index (χ4v) is 3.47. The molecule has 0 heterocycles. The van der Waals surface area contributed by atoms with E-state index < -0.39 is 5.97 Å². The molecule has 1 N–H and O–H groups in total. The van der Waals surface area contributed by atoms with Gasteiger partial charge in [0.25, 0.3) is 0 Å². The molecule has 3 rings (SSSR count). The standard InChI is InChI=1S/C20H20Cl2O3/c21-17-8-7-13(10-18(17)22)4-3-9-25-20(24)16-11-14-5-1-2-6-15(14)12-19(16)23/h7-8,10-12,23H,1-6,9H2. The maximum atomic E-state index is 12.2. The number of phenols is 1. The van der Waals surface area contributed by atoms with Crippen LogP contribution >= 0.6 is 23.2 Å². The number of rotatable bonds is 5. The van der Waals surface area contributed by atoms with Crippen molar-refractivity contribution in [3.63, 3.8) is 0 Å². The van der Waals surface area contributed by atoms with Crippen LogP contribution in [0.15, 0.2) is 30.3 Å². The maximum Gasteiger partial charge on any atom is 0.341 e. The predicted molar refractivity (Wildman–Crippen MR) is 99.8 cm³/mol. The normalized spacial score (nSPS) is 13.4. The highest BCUT2D eigenvalue weighted by atomic mass is 35.5. The number of ether oxygens (including phenoxy) is 1. The van der Waals surface area contributed by atoms with Crippen molar-refractivity contribution in [2.45, 2.75) is 38.5 Å². The van der Waals surface area contributed by atoms with Crippen LogP contribution in [0.4, 0.5) is 0 Å². The van der Waals surface area contributed by atoms with Gasteiger partial charge in [0.2, 0.25) is 0 Å². The van der Waals surface area contributed by atoms with E-state index in [0.29, 0.717) is 16.5 Å². The fraction of sp³-hybridized carbons (Fsp3) is 0.350. The number of phenolic OH excluding ortho intramolecular Hbond substituents is 1. The van der Waals surface area contributed by atoms with Crippen LogP contribution in [0, 0.1) is 0 Å². The lowest BCUT2D eigenvalue weighted by molar-refractivity contribution is 0.0497. The number of carbonyl (C=O) groups is 1. The Kier molecular flexibility index (Phi) is 5.87. The van der Waals surface area contributed by atoms with Gasteiger partial charge in [-0.15, -0.1) is 0 Å². The molecule has 0 unspecified atom stereocenters. The Bertz CT molecular complexity index is 787. The zero-order valence-corrected chi connectivity index (χ0v) is 15.4. The van der Waals surface area contributed by atoms with Gasteiger partial charge in [-0.2, -0.15) is 0 Å². The third-order valence-corrected chi connectivity index (χ3v) is 5.25. The summed E-state index contributed by atoms with van der Waals surface area (Å²) in [6.45, 7) is 0.287. The summed E-state index contributed by atoms with van der Waals surface area (Å²) in [5.41, 5.74) is 3.59. The van der Waals surface area contributed by atoms with Gasteiger partial charge < -0.3 is 9.84 Å². The van der Waals surface area contributed by atoms with Crippen molar-refractivity contribution in [3.05, 3.63) is 62.6 Å². The van der Waals surface area contributed by atoms with Crippen molar-refractivity contribution in [3.8, 4) is 5.75 Å². The van der Waals surface area contributed by atoms with Gasteiger partial charge in [0.15, 0.2) is 0 Å². The molecule has 1 aliphatic rings. The predicted octanol–water partition coefficient (Wildman–Crippen LogP) is 5.37. The van der Waals surface area contributed by atoms with E-state index in [1.165, 1.54) is 0 Å². The van der Waals surface area contributed by atoms with Gasteiger partial charge in [-0.3, -0.25) is 0 Å². The Labute approximate surface area is 157 Å². The van der Waals surface area contributed by atoms with E-state index in [1.807, 2.05) is 12.1 Å². The minimum Gasteiger partial charge on any atom is -0.507 e. The minimum absolute atomic E-state index is 0.00938. The number of hydrogen-bond acceptors (Lipinski definition) is 3. The lowest BCUT2D eigenvalue weighted by Gasteiger charge is -2.17. The molecule has 0 radical (unpaired) electrons. The van der Waals surface area contributed by atoms with Crippen molar-refractivity contribution >= 4 is 29.2 Å². The molecule has 2 aromatic carbocycles. The van der Waals surface area contributed by atoms with Gasteiger partial charge in [0.05, 0.1) is 16.7 Å². The third-order valence-electron chi connectivity index (χ3n) is 4.51. The molecule has 0 aromatic heterocycles. The Morgan fingerprint density at radius 1 is 1.04 bits per heavy atom. The second kappa shape index (κ2) is 8.11. The highest BCUT2D eigenvalue weighted by Crippen LogP contribution is 2.29. The zero-order chi connectivity index (χ0) is 17.8. The van der Waals surface area contributed by atoms with E-state index in [2.05, 4.69) is 0 Å². The molecule has 0 bridgehead atoms. The van der Waals surface area contributed by atoms with Crippen molar-refractivity contribution in [1.29, 1.82) is 0 Å². The molecule has 0 amide bonds. The molecule has 0 spiro atoms. The summed E-state index contributed by atoms with van der Waals surface area (Å²) in [5, 5.41) is 11.2. The summed E-state index contributed by atoms with van der Waals surface area (Å²) in [7, 11) is 0. The summed E-state index contributed by atoms with van der Waals surface area (Å²) >= 11 is 11.9. The van der Waals surface area contributed by atoms with Gasteiger partial charge in [0, 0.05) is 0 Å². The van der Waals surface area contributed by atoms with Crippen LogP contribution in [0.2, 0.25) is 10.0 Å². The molecule has 0 fully saturated rings. The summed E-state index contributed by atoms with van der Waals surface area (Å²) in [6, 6.07) is 8.98. The lowest BCUT2D eigenvalue weighted by atomic mass is 9.90. The van der Waals surface area contributed by atoms with E-state index in [9.17, 15) is 9.90 Å². The van der Waals surface area contributed by atoms with E-state index >= 15 is 0 Å². The second-order valence-corrected chi connectivity index (χ2v) is 7.15. The molecule has 132 valence electrons. The van der Waals surface area contributed by atoms with E-state index in [1.54, 1.807) is 18.2 Å². The van der Waals surface area contributed by atoms with Crippen molar-refractivity contribution in [2.75, 3.05) is 6.61 Å². The Hall–Kier alpha value is -1.71.